The number of sulfonamides is 1. The molecule has 1 atom stereocenters. The van der Waals surface area contributed by atoms with Crippen molar-refractivity contribution in [3.05, 3.63) is 89.7 Å². The molecular formula is C31H38FN3O6S. The molecule has 0 spiro atoms. The fraction of sp³-hybridized carbons (Fsp3) is 0.355. The first kappa shape index (κ1) is 32.4. The molecule has 0 fully saturated rings. The van der Waals surface area contributed by atoms with Gasteiger partial charge in [0.05, 0.1) is 26.2 Å². The van der Waals surface area contributed by atoms with E-state index in [4.69, 9.17) is 9.47 Å². The molecule has 0 radical (unpaired) electrons. The lowest BCUT2D eigenvalue weighted by atomic mass is 10.0. The molecule has 2 amide bonds. The van der Waals surface area contributed by atoms with Crippen LogP contribution in [-0.4, -0.2) is 64.7 Å². The third kappa shape index (κ3) is 8.69. The van der Waals surface area contributed by atoms with Crippen LogP contribution in [0.5, 0.6) is 11.5 Å². The van der Waals surface area contributed by atoms with Crippen LogP contribution in [0.1, 0.15) is 25.0 Å². The summed E-state index contributed by atoms with van der Waals surface area (Å²) in [5.74, 6) is -0.848. The Hall–Kier alpha value is -4.12. The molecular weight excluding hydrogens is 561 g/mol. The van der Waals surface area contributed by atoms with E-state index in [1.165, 1.54) is 55.5 Å². The topological polar surface area (TPSA) is 105 Å². The molecule has 3 rings (SSSR count). The van der Waals surface area contributed by atoms with E-state index in [2.05, 4.69) is 5.32 Å². The Morgan fingerprint density at radius 1 is 0.929 bits per heavy atom. The highest BCUT2D eigenvalue weighted by Gasteiger charge is 2.33. The number of ether oxygens (including phenoxy) is 2. The van der Waals surface area contributed by atoms with E-state index in [-0.39, 0.29) is 35.9 Å². The Labute approximate surface area is 247 Å². The summed E-state index contributed by atoms with van der Waals surface area (Å²) in [5, 5.41) is 2.89. The number of benzene rings is 3. The van der Waals surface area contributed by atoms with Gasteiger partial charge in [0.25, 0.3) is 0 Å². The summed E-state index contributed by atoms with van der Waals surface area (Å²) < 4.78 is 52.3. The molecule has 1 N–H and O–H groups in total. The van der Waals surface area contributed by atoms with Gasteiger partial charge in [0.15, 0.2) is 11.5 Å². The van der Waals surface area contributed by atoms with Crippen molar-refractivity contribution in [1.29, 1.82) is 0 Å². The second-order valence-corrected chi connectivity index (χ2v) is 12.2. The minimum absolute atomic E-state index is 0.139. The van der Waals surface area contributed by atoms with Crippen LogP contribution in [0.3, 0.4) is 0 Å². The van der Waals surface area contributed by atoms with Gasteiger partial charge < -0.3 is 19.7 Å². The predicted octanol–water partition coefficient (Wildman–Crippen LogP) is 4.02. The summed E-state index contributed by atoms with van der Waals surface area (Å²) in [6, 6.07) is 18.6. The van der Waals surface area contributed by atoms with E-state index in [0.717, 1.165) is 16.1 Å². The number of rotatable bonds is 14. The fourth-order valence-corrected chi connectivity index (χ4v) is 5.22. The maximum Gasteiger partial charge on any atom is 0.244 e. The number of anilines is 1. The van der Waals surface area contributed by atoms with Gasteiger partial charge in [-0.2, -0.15) is 0 Å². The number of amides is 2. The summed E-state index contributed by atoms with van der Waals surface area (Å²) in [5.41, 5.74) is 1.14. The molecule has 226 valence electrons. The number of carbonyl (C=O) groups is 2. The van der Waals surface area contributed by atoms with Crippen molar-refractivity contribution >= 4 is 27.5 Å². The summed E-state index contributed by atoms with van der Waals surface area (Å²) in [4.78, 5) is 29.0. The lowest BCUT2D eigenvalue weighted by molar-refractivity contribution is -0.140. The second-order valence-electron chi connectivity index (χ2n) is 10.3. The lowest BCUT2D eigenvalue weighted by Crippen LogP contribution is -2.53. The summed E-state index contributed by atoms with van der Waals surface area (Å²) in [6.45, 7) is 3.38. The first-order valence-corrected chi connectivity index (χ1v) is 15.3. The molecule has 0 aromatic heterocycles. The SMILES string of the molecule is COc1ccc(N(CC(=O)N(Cc2ccccc2F)C(Cc2ccccc2)C(=O)NCC(C)C)S(C)(=O)=O)cc1OC. The average molecular weight is 600 g/mol. The zero-order valence-corrected chi connectivity index (χ0v) is 25.4. The van der Waals surface area contributed by atoms with Gasteiger partial charge in [-0.05, 0) is 29.7 Å². The highest BCUT2D eigenvalue weighted by atomic mass is 32.2. The number of hydrogen-bond donors (Lipinski definition) is 1. The van der Waals surface area contributed by atoms with Crippen molar-refractivity contribution in [2.45, 2.75) is 32.9 Å². The highest BCUT2D eigenvalue weighted by Crippen LogP contribution is 2.32. The molecule has 1 unspecified atom stereocenters. The number of methoxy groups -OCH3 is 2. The molecule has 3 aromatic rings. The third-order valence-electron chi connectivity index (χ3n) is 6.59. The molecule has 0 bridgehead atoms. The molecule has 0 saturated heterocycles. The lowest BCUT2D eigenvalue weighted by Gasteiger charge is -2.33. The molecule has 42 heavy (non-hydrogen) atoms. The second kappa shape index (κ2) is 14.7. The van der Waals surface area contributed by atoms with Crippen molar-refractivity contribution in [2.24, 2.45) is 5.92 Å². The average Bonchev–Trinajstić information content (AvgIpc) is 2.96. The van der Waals surface area contributed by atoms with Crippen LogP contribution < -0.4 is 19.1 Å². The van der Waals surface area contributed by atoms with E-state index in [1.807, 2.05) is 44.2 Å². The van der Waals surface area contributed by atoms with Gasteiger partial charge in [0, 0.05) is 31.1 Å². The van der Waals surface area contributed by atoms with E-state index in [9.17, 15) is 22.4 Å². The Bertz CT molecular complexity index is 1470. The summed E-state index contributed by atoms with van der Waals surface area (Å²) >= 11 is 0. The summed E-state index contributed by atoms with van der Waals surface area (Å²) in [6.07, 6.45) is 1.12. The van der Waals surface area contributed by atoms with Gasteiger partial charge in [0.2, 0.25) is 21.8 Å². The van der Waals surface area contributed by atoms with Crippen LogP contribution in [0.25, 0.3) is 0 Å². The minimum Gasteiger partial charge on any atom is -0.493 e. The monoisotopic (exact) mass is 599 g/mol. The van der Waals surface area contributed by atoms with E-state index in [0.29, 0.717) is 12.3 Å². The Morgan fingerprint density at radius 3 is 2.17 bits per heavy atom. The maximum absolute atomic E-state index is 14.9. The van der Waals surface area contributed by atoms with Crippen molar-refractivity contribution in [1.82, 2.24) is 10.2 Å². The van der Waals surface area contributed by atoms with Gasteiger partial charge >= 0.3 is 0 Å². The Morgan fingerprint density at radius 2 is 1.57 bits per heavy atom. The van der Waals surface area contributed by atoms with E-state index >= 15 is 0 Å². The Balaban J connectivity index is 2.08. The largest absolute Gasteiger partial charge is 0.493 e. The number of nitrogens with one attached hydrogen (secondary N) is 1. The Kier molecular flexibility index (Phi) is 11.3. The van der Waals surface area contributed by atoms with Crippen LogP contribution in [-0.2, 0) is 32.6 Å². The quantitative estimate of drug-likeness (QED) is 0.300. The predicted molar refractivity (Wildman–Crippen MR) is 160 cm³/mol. The molecule has 0 heterocycles. The third-order valence-corrected chi connectivity index (χ3v) is 7.73. The molecule has 0 saturated carbocycles. The van der Waals surface area contributed by atoms with Crippen LogP contribution in [0.15, 0.2) is 72.8 Å². The van der Waals surface area contributed by atoms with Crippen molar-refractivity contribution < 1.29 is 31.9 Å². The highest BCUT2D eigenvalue weighted by molar-refractivity contribution is 7.92. The number of nitrogens with zero attached hydrogens (tertiary/aromatic N) is 2. The van der Waals surface area contributed by atoms with Crippen LogP contribution in [0.2, 0.25) is 0 Å². The molecule has 0 aliphatic carbocycles. The van der Waals surface area contributed by atoms with Gasteiger partial charge in [-0.3, -0.25) is 13.9 Å². The van der Waals surface area contributed by atoms with Gasteiger partial charge in [-0.25, -0.2) is 12.8 Å². The summed E-state index contributed by atoms with van der Waals surface area (Å²) in [7, 11) is -1.12. The molecule has 11 heteroatoms. The van der Waals surface area contributed by atoms with Crippen LogP contribution in [0.4, 0.5) is 10.1 Å². The van der Waals surface area contributed by atoms with Gasteiger partial charge in [-0.15, -0.1) is 0 Å². The smallest absolute Gasteiger partial charge is 0.244 e. The minimum atomic E-state index is -3.98. The van der Waals surface area contributed by atoms with E-state index < -0.39 is 40.2 Å². The van der Waals surface area contributed by atoms with Crippen LogP contribution in [0, 0.1) is 11.7 Å². The zero-order chi connectivity index (χ0) is 30.9. The molecule has 0 aliphatic rings. The van der Waals surface area contributed by atoms with Crippen molar-refractivity contribution in [2.75, 3.05) is 37.9 Å². The van der Waals surface area contributed by atoms with Gasteiger partial charge in [0.1, 0.15) is 18.4 Å². The molecule has 9 nitrogen and oxygen atoms in total. The van der Waals surface area contributed by atoms with Gasteiger partial charge in [-0.1, -0.05) is 62.4 Å². The van der Waals surface area contributed by atoms with Crippen molar-refractivity contribution in [3.8, 4) is 11.5 Å². The standard InChI is InChI=1S/C31H38FN3O6S/c1-22(2)19-33-31(37)27(17-23-11-7-6-8-12-23)34(20-24-13-9-10-14-26(24)32)30(36)21-35(42(5,38)39)25-15-16-28(40-3)29(18-25)41-4/h6-16,18,22,27H,17,19-21H2,1-5H3,(H,33,37). The van der Waals surface area contributed by atoms with Crippen LogP contribution >= 0.6 is 0 Å². The maximum atomic E-state index is 14.9. The molecule has 3 aromatic carbocycles. The normalized spacial score (nSPS) is 12.0. The number of halogens is 1. The number of carbonyl (C=O) groups excluding carboxylic acids is 2. The molecule has 0 aliphatic heterocycles. The first-order valence-electron chi connectivity index (χ1n) is 13.5. The zero-order valence-electron chi connectivity index (χ0n) is 24.5. The first-order chi connectivity index (χ1) is 19.9. The van der Waals surface area contributed by atoms with Crippen molar-refractivity contribution in [3.63, 3.8) is 0 Å². The number of hydrogen-bond acceptors (Lipinski definition) is 6. The van der Waals surface area contributed by atoms with E-state index in [1.54, 1.807) is 6.07 Å². The fourth-order valence-electron chi connectivity index (χ4n) is 4.38.